The van der Waals surface area contributed by atoms with Crippen LogP contribution in [-0.4, -0.2) is 37.2 Å². The van der Waals surface area contributed by atoms with Crippen LogP contribution in [0.3, 0.4) is 0 Å². The van der Waals surface area contributed by atoms with Gasteiger partial charge in [0.1, 0.15) is 11.5 Å². The predicted octanol–water partition coefficient (Wildman–Crippen LogP) is 5.30. The minimum Gasteiger partial charge on any atom is -0.493 e. The molecule has 6 heteroatoms. The SMILES string of the molecule is COc1ccc(-c2ccc3c(c2)CCC3=O)c(OC(C2CCC2)C2(C(=O)O)CCC2)c1OC. The summed E-state index contributed by atoms with van der Waals surface area (Å²) in [5.74, 6) is 1.14. The quantitative estimate of drug-likeness (QED) is 0.588. The summed E-state index contributed by atoms with van der Waals surface area (Å²) in [4.78, 5) is 24.5. The van der Waals surface area contributed by atoms with Crippen LogP contribution in [0.4, 0.5) is 0 Å². The normalized spacial score (nSPS) is 19.8. The summed E-state index contributed by atoms with van der Waals surface area (Å²) < 4.78 is 18.0. The third-order valence-electron chi connectivity index (χ3n) is 7.88. The second-order valence-electron chi connectivity index (χ2n) is 9.52. The number of hydrogen-bond donors (Lipinski definition) is 1. The maximum atomic E-state index is 12.4. The Morgan fingerprint density at radius 3 is 2.33 bits per heavy atom. The highest BCUT2D eigenvalue weighted by Gasteiger charge is 2.56. The smallest absolute Gasteiger partial charge is 0.313 e. The van der Waals surface area contributed by atoms with Crippen molar-refractivity contribution in [2.45, 2.75) is 57.5 Å². The van der Waals surface area contributed by atoms with Crippen molar-refractivity contribution in [1.82, 2.24) is 0 Å². The second kappa shape index (κ2) is 8.40. The van der Waals surface area contributed by atoms with Crippen molar-refractivity contribution in [2.24, 2.45) is 11.3 Å². The number of aryl methyl sites for hydroxylation is 1. The lowest BCUT2D eigenvalue weighted by molar-refractivity contribution is -0.169. The number of carbonyl (C=O) groups is 2. The highest BCUT2D eigenvalue weighted by atomic mass is 16.5. The lowest BCUT2D eigenvalue weighted by Crippen LogP contribution is -2.55. The lowest BCUT2D eigenvalue weighted by Gasteiger charge is -2.49. The maximum Gasteiger partial charge on any atom is 0.313 e. The number of carboxylic acid groups (broad SMARTS) is 1. The van der Waals surface area contributed by atoms with Gasteiger partial charge >= 0.3 is 5.97 Å². The lowest BCUT2D eigenvalue weighted by atomic mass is 9.59. The molecule has 5 rings (SSSR count). The van der Waals surface area contributed by atoms with Gasteiger partial charge in [-0.05, 0) is 61.3 Å². The van der Waals surface area contributed by atoms with E-state index < -0.39 is 17.5 Å². The van der Waals surface area contributed by atoms with Crippen molar-refractivity contribution in [3.8, 4) is 28.4 Å². The number of ether oxygens (including phenoxy) is 3. The highest BCUT2D eigenvalue weighted by molar-refractivity contribution is 6.01. The first-order valence-corrected chi connectivity index (χ1v) is 11.8. The average Bonchev–Trinajstić information content (AvgIpc) is 3.11. The summed E-state index contributed by atoms with van der Waals surface area (Å²) in [6.45, 7) is 0. The van der Waals surface area contributed by atoms with Crippen LogP contribution in [0.2, 0.25) is 0 Å². The topological polar surface area (TPSA) is 82.1 Å². The molecule has 6 nitrogen and oxygen atoms in total. The van der Waals surface area contributed by atoms with Gasteiger partial charge in [-0.2, -0.15) is 0 Å². The summed E-state index contributed by atoms with van der Waals surface area (Å²) in [5.41, 5.74) is 2.70. The molecule has 0 aliphatic heterocycles. The third-order valence-corrected chi connectivity index (χ3v) is 7.88. The van der Waals surface area contributed by atoms with Crippen LogP contribution in [0.5, 0.6) is 17.2 Å². The Hall–Kier alpha value is -3.02. The Bertz CT molecular complexity index is 1100. The average molecular weight is 451 g/mol. The van der Waals surface area contributed by atoms with Gasteiger partial charge in [0.15, 0.2) is 17.3 Å². The minimum atomic E-state index is -0.860. The molecule has 0 spiro atoms. The summed E-state index contributed by atoms with van der Waals surface area (Å²) in [7, 11) is 3.15. The molecule has 174 valence electrons. The van der Waals surface area contributed by atoms with E-state index in [9.17, 15) is 14.7 Å². The molecule has 2 fully saturated rings. The van der Waals surface area contributed by atoms with Crippen LogP contribution in [0.1, 0.15) is 60.9 Å². The van der Waals surface area contributed by atoms with Crippen molar-refractivity contribution in [2.75, 3.05) is 14.2 Å². The van der Waals surface area contributed by atoms with E-state index in [1.54, 1.807) is 14.2 Å². The number of methoxy groups -OCH3 is 2. The minimum absolute atomic E-state index is 0.179. The fourth-order valence-corrected chi connectivity index (χ4v) is 5.57. The zero-order valence-corrected chi connectivity index (χ0v) is 19.2. The molecule has 0 saturated heterocycles. The van der Waals surface area contributed by atoms with Crippen molar-refractivity contribution < 1.29 is 28.9 Å². The molecular weight excluding hydrogens is 420 g/mol. The second-order valence-corrected chi connectivity index (χ2v) is 9.52. The molecule has 1 atom stereocenters. The van der Waals surface area contributed by atoms with E-state index in [1.807, 2.05) is 30.3 Å². The van der Waals surface area contributed by atoms with Gasteiger partial charge in [0.25, 0.3) is 0 Å². The van der Waals surface area contributed by atoms with Gasteiger partial charge in [0, 0.05) is 17.5 Å². The standard InChI is InChI=1S/C27H30O6/c1-31-22-12-10-20(18-7-9-19-17(15-18)8-11-21(19)28)23(24(22)32-2)33-25(16-5-3-6-16)27(26(29)30)13-4-14-27/h7,9-10,12,15-16,25H,3-6,8,11,13-14H2,1-2H3,(H,29,30). The van der Waals surface area contributed by atoms with Crippen LogP contribution in [-0.2, 0) is 11.2 Å². The van der Waals surface area contributed by atoms with E-state index in [1.165, 1.54) is 0 Å². The van der Waals surface area contributed by atoms with E-state index in [0.29, 0.717) is 36.5 Å². The maximum absolute atomic E-state index is 12.4. The van der Waals surface area contributed by atoms with Crippen molar-refractivity contribution in [3.63, 3.8) is 0 Å². The molecular formula is C27H30O6. The zero-order valence-electron chi connectivity index (χ0n) is 19.2. The number of rotatable bonds is 8. The van der Waals surface area contributed by atoms with E-state index in [2.05, 4.69) is 0 Å². The summed E-state index contributed by atoms with van der Waals surface area (Å²) >= 11 is 0. The van der Waals surface area contributed by atoms with Gasteiger partial charge in [0.05, 0.1) is 14.2 Å². The van der Waals surface area contributed by atoms with E-state index >= 15 is 0 Å². The van der Waals surface area contributed by atoms with Crippen LogP contribution in [0, 0.1) is 11.3 Å². The van der Waals surface area contributed by atoms with E-state index in [0.717, 1.165) is 54.4 Å². The number of carboxylic acids is 1. The van der Waals surface area contributed by atoms with Crippen LogP contribution in [0.15, 0.2) is 30.3 Å². The molecule has 1 N–H and O–H groups in total. The van der Waals surface area contributed by atoms with Gasteiger partial charge in [0.2, 0.25) is 5.75 Å². The predicted molar refractivity (Wildman–Crippen MR) is 123 cm³/mol. The summed E-state index contributed by atoms with van der Waals surface area (Å²) in [5, 5.41) is 10.2. The molecule has 0 heterocycles. The van der Waals surface area contributed by atoms with Crippen molar-refractivity contribution in [3.05, 3.63) is 41.5 Å². The fourth-order valence-electron chi connectivity index (χ4n) is 5.57. The Balaban J connectivity index is 1.62. The monoisotopic (exact) mass is 450 g/mol. The number of ketones is 1. The molecule has 33 heavy (non-hydrogen) atoms. The molecule has 1 unspecified atom stereocenters. The van der Waals surface area contributed by atoms with Crippen LogP contribution in [0.25, 0.3) is 11.1 Å². The van der Waals surface area contributed by atoms with Gasteiger partial charge in [-0.1, -0.05) is 31.0 Å². The number of benzene rings is 2. The molecule has 0 aromatic heterocycles. The molecule has 0 radical (unpaired) electrons. The van der Waals surface area contributed by atoms with E-state index in [4.69, 9.17) is 14.2 Å². The Morgan fingerprint density at radius 1 is 1.00 bits per heavy atom. The first-order valence-electron chi connectivity index (χ1n) is 11.8. The summed E-state index contributed by atoms with van der Waals surface area (Å²) in [6, 6.07) is 9.64. The van der Waals surface area contributed by atoms with E-state index in [-0.39, 0.29) is 11.7 Å². The molecule has 0 amide bonds. The number of carbonyl (C=O) groups excluding carboxylic acids is 1. The van der Waals surface area contributed by atoms with Gasteiger partial charge in [-0.25, -0.2) is 0 Å². The molecule has 3 aliphatic rings. The number of fused-ring (bicyclic) bond motifs is 1. The van der Waals surface area contributed by atoms with Crippen LogP contribution >= 0.6 is 0 Å². The number of aliphatic carboxylic acids is 1. The first kappa shape index (κ1) is 21.8. The van der Waals surface area contributed by atoms with Gasteiger partial charge < -0.3 is 19.3 Å². The molecule has 2 aromatic carbocycles. The third kappa shape index (κ3) is 3.47. The zero-order chi connectivity index (χ0) is 23.2. The first-order chi connectivity index (χ1) is 16.0. The molecule has 0 bridgehead atoms. The Kier molecular flexibility index (Phi) is 5.55. The number of Topliss-reactive ketones (excluding diaryl/α,β-unsaturated/α-hetero) is 1. The fraction of sp³-hybridized carbons (Fsp3) is 0.481. The van der Waals surface area contributed by atoms with Gasteiger partial charge in [-0.15, -0.1) is 0 Å². The molecule has 3 aliphatic carbocycles. The Morgan fingerprint density at radius 2 is 1.76 bits per heavy atom. The van der Waals surface area contributed by atoms with Crippen molar-refractivity contribution >= 4 is 11.8 Å². The summed E-state index contributed by atoms with van der Waals surface area (Å²) in [6.07, 6.45) is 6.06. The molecule has 2 saturated carbocycles. The van der Waals surface area contributed by atoms with Crippen LogP contribution < -0.4 is 14.2 Å². The largest absolute Gasteiger partial charge is 0.493 e. The highest BCUT2D eigenvalue weighted by Crippen LogP contribution is 2.54. The number of hydrogen-bond acceptors (Lipinski definition) is 5. The van der Waals surface area contributed by atoms with Gasteiger partial charge in [-0.3, -0.25) is 9.59 Å². The van der Waals surface area contributed by atoms with Crippen molar-refractivity contribution in [1.29, 1.82) is 0 Å². The molecule has 2 aromatic rings. The Labute approximate surface area is 193 Å².